The number of carbonyl (C=O) groups excluding carboxylic acids is 1. The van der Waals surface area contributed by atoms with Crippen molar-refractivity contribution in [2.24, 2.45) is 5.73 Å². The van der Waals surface area contributed by atoms with Crippen LogP contribution in [0.15, 0.2) is 24.3 Å². The Morgan fingerprint density at radius 2 is 1.94 bits per heavy atom. The Labute approximate surface area is 109 Å². The first-order valence-corrected chi connectivity index (χ1v) is 6.49. The van der Waals surface area contributed by atoms with E-state index in [4.69, 9.17) is 10.5 Å². The number of esters is 1. The number of benzene rings is 1. The molecule has 0 aliphatic carbocycles. The highest BCUT2D eigenvalue weighted by Gasteiger charge is 2.35. The number of rotatable bonds is 6. The minimum absolute atomic E-state index is 0.165. The van der Waals surface area contributed by atoms with Gasteiger partial charge in [0.2, 0.25) is 0 Å². The van der Waals surface area contributed by atoms with Gasteiger partial charge in [-0.2, -0.15) is 0 Å². The van der Waals surface area contributed by atoms with Crippen molar-refractivity contribution in [2.75, 3.05) is 13.2 Å². The lowest BCUT2D eigenvalue weighted by molar-refractivity contribution is -0.149. The molecule has 0 aliphatic heterocycles. The number of carbonyl (C=O) groups is 1. The van der Waals surface area contributed by atoms with Gasteiger partial charge in [-0.1, -0.05) is 29.8 Å². The zero-order valence-corrected chi connectivity index (χ0v) is 11.5. The maximum Gasteiger partial charge on any atom is 0.316 e. The number of aryl methyl sites for hydroxylation is 1. The number of nitrogens with two attached hydrogens (primary N) is 1. The predicted octanol–water partition coefficient (Wildman–Crippen LogP) is 2.55. The standard InChI is InChI=1S/C15H23NO2/c1-4-18-14(17)15(3,10-5-11-16)13-8-6-12(2)7-9-13/h6-9H,4-5,10-11,16H2,1-3H3. The summed E-state index contributed by atoms with van der Waals surface area (Å²) in [7, 11) is 0. The van der Waals surface area contributed by atoms with E-state index in [1.807, 2.05) is 45.0 Å². The Hall–Kier alpha value is -1.35. The summed E-state index contributed by atoms with van der Waals surface area (Å²) in [5.74, 6) is -0.165. The zero-order chi connectivity index (χ0) is 13.6. The van der Waals surface area contributed by atoms with Crippen molar-refractivity contribution in [3.05, 3.63) is 35.4 Å². The van der Waals surface area contributed by atoms with E-state index in [1.54, 1.807) is 0 Å². The molecule has 18 heavy (non-hydrogen) atoms. The average Bonchev–Trinajstić information content (AvgIpc) is 2.37. The first-order chi connectivity index (χ1) is 8.54. The fourth-order valence-corrected chi connectivity index (χ4v) is 2.03. The van der Waals surface area contributed by atoms with Crippen molar-refractivity contribution in [3.8, 4) is 0 Å². The van der Waals surface area contributed by atoms with Gasteiger partial charge >= 0.3 is 5.97 Å². The quantitative estimate of drug-likeness (QED) is 0.788. The monoisotopic (exact) mass is 249 g/mol. The van der Waals surface area contributed by atoms with E-state index in [9.17, 15) is 4.79 Å². The molecule has 1 aromatic carbocycles. The highest BCUT2D eigenvalue weighted by atomic mass is 16.5. The molecule has 1 atom stereocenters. The van der Waals surface area contributed by atoms with Gasteiger partial charge in [0.25, 0.3) is 0 Å². The second-order valence-electron chi connectivity index (χ2n) is 4.81. The molecule has 0 fully saturated rings. The summed E-state index contributed by atoms with van der Waals surface area (Å²) < 4.78 is 5.21. The molecule has 0 heterocycles. The van der Waals surface area contributed by atoms with Gasteiger partial charge in [0.15, 0.2) is 0 Å². The Morgan fingerprint density at radius 1 is 1.33 bits per heavy atom. The van der Waals surface area contributed by atoms with Crippen LogP contribution in [0.4, 0.5) is 0 Å². The van der Waals surface area contributed by atoms with E-state index in [1.165, 1.54) is 5.56 Å². The third-order valence-corrected chi connectivity index (χ3v) is 3.30. The molecular weight excluding hydrogens is 226 g/mol. The van der Waals surface area contributed by atoms with Crippen LogP contribution in [0.5, 0.6) is 0 Å². The molecule has 0 radical (unpaired) electrons. The van der Waals surface area contributed by atoms with Crippen LogP contribution in [-0.2, 0) is 14.9 Å². The van der Waals surface area contributed by atoms with Gasteiger partial charge in [-0.15, -0.1) is 0 Å². The van der Waals surface area contributed by atoms with Gasteiger partial charge in [-0.25, -0.2) is 0 Å². The molecule has 0 bridgehead atoms. The van der Waals surface area contributed by atoms with Gasteiger partial charge in [0.05, 0.1) is 12.0 Å². The number of hydrogen-bond donors (Lipinski definition) is 1. The van der Waals surface area contributed by atoms with Gasteiger partial charge in [-0.05, 0) is 45.7 Å². The molecular formula is C15H23NO2. The molecule has 1 unspecified atom stereocenters. The molecule has 0 saturated carbocycles. The van der Waals surface area contributed by atoms with Crippen molar-refractivity contribution in [3.63, 3.8) is 0 Å². The van der Waals surface area contributed by atoms with Crippen molar-refractivity contribution < 1.29 is 9.53 Å². The SMILES string of the molecule is CCOC(=O)C(C)(CCCN)c1ccc(C)cc1. The van der Waals surface area contributed by atoms with Crippen LogP contribution < -0.4 is 5.73 Å². The molecule has 1 rings (SSSR count). The van der Waals surface area contributed by atoms with E-state index in [0.29, 0.717) is 19.6 Å². The largest absolute Gasteiger partial charge is 0.465 e. The lowest BCUT2D eigenvalue weighted by Gasteiger charge is -2.27. The maximum atomic E-state index is 12.2. The van der Waals surface area contributed by atoms with Crippen LogP contribution in [0.25, 0.3) is 0 Å². The van der Waals surface area contributed by atoms with Crippen molar-refractivity contribution in [2.45, 2.75) is 39.0 Å². The van der Waals surface area contributed by atoms with Crippen LogP contribution in [0.2, 0.25) is 0 Å². The van der Waals surface area contributed by atoms with Crippen LogP contribution in [0.1, 0.15) is 37.8 Å². The number of hydrogen-bond acceptors (Lipinski definition) is 3. The fraction of sp³-hybridized carbons (Fsp3) is 0.533. The fourth-order valence-electron chi connectivity index (χ4n) is 2.03. The molecule has 100 valence electrons. The minimum Gasteiger partial charge on any atom is -0.465 e. The molecule has 0 spiro atoms. The number of ether oxygens (including phenoxy) is 1. The Kier molecular flexibility index (Phi) is 5.35. The molecule has 0 saturated heterocycles. The summed E-state index contributed by atoms with van der Waals surface area (Å²) >= 11 is 0. The van der Waals surface area contributed by atoms with E-state index >= 15 is 0 Å². The van der Waals surface area contributed by atoms with Gasteiger partial charge in [0.1, 0.15) is 0 Å². The third kappa shape index (κ3) is 3.33. The Bertz CT molecular complexity index is 386. The van der Waals surface area contributed by atoms with Crippen molar-refractivity contribution >= 4 is 5.97 Å². The normalized spacial score (nSPS) is 14.0. The van der Waals surface area contributed by atoms with Gasteiger partial charge < -0.3 is 10.5 Å². The highest BCUT2D eigenvalue weighted by molar-refractivity contribution is 5.82. The topological polar surface area (TPSA) is 52.3 Å². The molecule has 0 amide bonds. The first-order valence-electron chi connectivity index (χ1n) is 6.49. The lowest BCUT2D eigenvalue weighted by Crippen LogP contribution is -2.35. The average molecular weight is 249 g/mol. The van der Waals surface area contributed by atoms with Gasteiger partial charge in [0, 0.05) is 0 Å². The summed E-state index contributed by atoms with van der Waals surface area (Å²) in [5, 5.41) is 0. The maximum absolute atomic E-state index is 12.2. The summed E-state index contributed by atoms with van der Waals surface area (Å²) in [6.07, 6.45) is 1.52. The smallest absolute Gasteiger partial charge is 0.316 e. The van der Waals surface area contributed by atoms with E-state index in [2.05, 4.69) is 0 Å². The van der Waals surface area contributed by atoms with Crippen molar-refractivity contribution in [1.82, 2.24) is 0 Å². The van der Waals surface area contributed by atoms with Crippen molar-refractivity contribution in [1.29, 1.82) is 0 Å². The summed E-state index contributed by atoms with van der Waals surface area (Å²) in [4.78, 5) is 12.2. The second kappa shape index (κ2) is 6.55. The second-order valence-corrected chi connectivity index (χ2v) is 4.81. The summed E-state index contributed by atoms with van der Waals surface area (Å²) in [5.41, 5.74) is 7.15. The molecule has 0 aliphatic rings. The van der Waals surface area contributed by atoms with E-state index in [0.717, 1.165) is 12.0 Å². The summed E-state index contributed by atoms with van der Waals surface area (Å²) in [6.45, 7) is 6.79. The van der Waals surface area contributed by atoms with Gasteiger partial charge in [-0.3, -0.25) is 4.79 Å². The summed E-state index contributed by atoms with van der Waals surface area (Å²) in [6, 6.07) is 8.05. The third-order valence-electron chi connectivity index (χ3n) is 3.30. The Morgan fingerprint density at radius 3 is 2.44 bits per heavy atom. The van der Waals surface area contributed by atoms with Crippen LogP contribution in [-0.4, -0.2) is 19.1 Å². The molecule has 3 heteroatoms. The van der Waals surface area contributed by atoms with E-state index < -0.39 is 5.41 Å². The van der Waals surface area contributed by atoms with Crippen LogP contribution in [0.3, 0.4) is 0 Å². The van der Waals surface area contributed by atoms with E-state index in [-0.39, 0.29) is 5.97 Å². The molecule has 2 N–H and O–H groups in total. The zero-order valence-electron chi connectivity index (χ0n) is 11.5. The Balaban J connectivity index is 3.02. The predicted molar refractivity (Wildman–Crippen MR) is 73.5 cm³/mol. The minimum atomic E-state index is -0.594. The van der Waals surface area contributed by atoms with Crippen LogP contribution in [0, 0.1) is 6.92 Å². The molecule has 0 aromatic heterocycles. The molecule has 1 aromatic rings. The highest BCUT2D eigenvalue weighted by Crippen LogP contribution is 2.30. The first kappa shape index (κ1) is 14.7. The molecule has 3 nitrogen and oxygen atoms in total. The van der Waals surface area contributed by atoms with Crippen LogP contribution >= 0.6 is 0 Å². The lowest BCUT2D eigenvalue weighted by atomic mass is 9.78.